The number of hydrogen-bond acceptors (Lipinski definition) is 2. The molecule has 0 rings (SSSR count). The first-order valence-corrected chi connectivity index (χ1v) is 3.23. The van der Waals surface area contributed by atoms with Crippen molar-refractivity contribution >= 4 is 31.0 Å². The number of hydrogen-bond donors (Lipinski definition) is 2. The SMILES string of the molecule is Cl.O=C(O)CCCCS. The lowest BCUT2D eigenvalue weighted by Gasteiger charge is -1.89. The van der Waals surface area contributed by atoms with Crippen LogP contribution in [0.15, 0.2) is 0 Å². The second-order valence-corrected chi connectivity index (χ2v) is 2.02. The van der Waals surface area contributed by atoms with E-state index in [1.54, 1.807) is 0 Å². The number of aliphatic carboxylic acids is 1. The van der Waals surface area contributed by atoms with Crippen LogP contribution in [0.5, 0.6) is 0 Å². The highest BCUT2D eigenvalue weighted by Gasteiger charge is 1.92. The summed E-state index contributed by atoms with van der Waals surface area (Å²) >= 11 is 3.93. The minimum Gasteiger partial charge on any atom is -0.481 e. The van der Waals surface area contributed by atoms with Gasteiger partial charge in [0, 0.05) is 6.42 Å². The highest BCUT2D eigenvalue weighted by Crippen LogP contribution is 1.95. The van der Waals surface area contributed by atoms with E-state index >= 15 is 0 Å². The maximum Gasteiger partial charge on any atom is 0.303 e. The molecule has 0 aromatic rings. The molecule has 1 N–H and O–H groups in total. The van der Waals surface area contributed by atoms with Gasteiger partial charge in [0.05, 0.1) is 0 Å². The molecule has 0 aromatic heterocycles. The summed E-state index contributed by atoms with van der Waals surface area (Å²) in [7, 11) is 0. The Kier molecular flexibility index (Phi) is 10.7. The second-order valence-electron chi connectivity index (χ2n) is 1.57. The van der Waals surface area contributed by atoms with Gasteiger partial charge in [0.15, 0.2) is 0 Å². The van der Waals surface area contributed by atoms with E-state index in [1.165, 1.54) is 0 Å². The molecule has 0 unspecified atom stereocenters. The molecule has 0 fully saturated rings. The largest absolute Gasteiger partial charge is 0.481 e. The Balaban J connectivity index is 0. The van der Waals surface area contributed by atoms with Crippen LogP contribution in [0.2, 0.25) is 0 Å². The topological polar surface area (TPSA) is 37.3 Å². The maximum atomic E-state index is 9.85. The number of halogens is 1. The Hall–Kier alpha value is 0.110. The predicted octanol–water partition coefficient (Wildman–Crippen LogP) is 1.59. The molecule has 0 aliphatic rings. The van der Waals surface area contributed by atoms with Crippen molar-refractivity contribution < 1.29 is 9.90 Å². The first-order chi connectivity index (χ1) is 3.77. The zero-order chi connectivity index (χ0) is 6.41. The molecule has 0 aliphatic carbocycles. The third-order valence-electron chi connectivity index (χ3n) is 0.799. The highest BCUT2D eigenvalue weighted by atomic mass is 35.5. The van der Waals surface area contributed by atoms with Gasteiger partial charge in [-0.15, -0.1) is 12.4 Å². The summed E-state index contributed by atoms with van der Waals surface area (Å²) in [6.07, 6.45) is 1.93. The number of unbranched alkanes of at least 4 members (excludes halogenated alkanes) is 1. The first kappa shape index (κ1) is 11.9. The fourth-order valence-electron chi connectivity index (χ4n) is 0.388. The van der Waals surface area contributed by atoms with Crippen molar-refractivity contribution in [2.45, 2.75) is 19.3 Å². The smallest absolute Gasteiger partial charge is 0.303 e. The molecule has 2 nitrogen and oxygen atoms in total. The lowest BCUT2D eigenvalue weighted by molar-refractivity contribution is -0.137. The fourth-order valence-corrected chi connectivity index (χ4v) is 0.612. The number of carboxylic acids is 1. The normalized spacial score (nSPS) is 8.11. The van der Waals surface area contributed by atoms with Crippen LogP contribution in [0.1, 0.15) is 19.3 Å². The van der Waals surface area contributed by atoms with Crippen molar-refractivity contribution in [1.29, 1.82) is 0 Å². The summed E-state index contributed by atoms with van der Waals surface area (Å²) in [6.45, 7) is 0. The Labute approximate surface area is 66.5 Å². The molecule has 4 heteroatoms. The molecular formula is C5H11ClO2S. The monoisotopic (exact) mass is 170 g/mol. The van der Waals surface area contributed by atoms with Crippen molar-refractivity contribution in [3.8, 4) is 0 Å². The zero-order valence-corrected chi connectivity index (χ0v) is 6.75. The molecule has 0 amide bonds. The molecule has 0 aromatic carbocycles. The number of carboxylic acid groups (broad SMARTS) is 1. The fraction of sp³-hybridized carbons (Fsp3) is 0.800. The number of rotatable bonds is 4. The van der Waals surface area contributed by atoms with Crippen LogP contribution < -0.4 is 0 Å². The molecule has 0 saturated carbocycles. The van der Waals surface area contributed by atoms with E-state index in [4.69, 9.17) is 5.11 Å². The standard InChI is InChI=1S/C5H10O2S.ClH/c6-5(7)3-1-2-4-8;/h8H,1-4H2,(H,6,7);1H. The molecule has 0 saturated heterocycles. The van der Waals surface area contributed by atoms with Crippen LogP contribution in [0.3, 0.4) is 0 Å². The van der Waals surface area contributed by atoms with E-state index in [2.05, 4.69) is 12.6 Å². The van der Waals surface area contributed by atoms with E-state index in [0.717, 1.165) is 18.6 Å². The van der Waals surface area contributed by atoms with Gasteiger partial charge in [-0.25, -0.2) is 0 Å². The van der Waals surface area contributed by atoms with Gasteiger partial charge in [-0.05, 0) is 18.6 Å². The molecule has 56 valence electrons. The summed E-state index contributed by atoms with van der Waals surface area (Å²) in [5, 5.41) is 8.12. The van der Waals surface area contributed by atoms with Crippen LogP contribution in [-0.4, -0.2) is 16.8 Å². The van der Waals surface area contributed by atoms with Gasteiger partial charge in [0.2, 0.25) is 0 Å². The summed E-state index contributed by atoms with van der Waals surface area (Å²) in [6, 6.07) is 0. The Bertz CT molecular complexity index is 77.4. The molecule has 9 heavy (non-hydrogen) atoms. The number of carbonyl (C=O) groups is 1. The van der Waals surface area contributed by atoms with Gasteiger partial charge in [-0.3, -0.25) is 4.79 Å². The minimum absolute atomic E-state index is 0. The van der Waals surface area contributed by atoms with Gasteiger partial charge < -0.3 is 5.11 Å². The number of thiol groups is 1. The van der Waals surface area contributed by atoms with Gasteiger partial charge in [0.25, 0.3) is 0 Å². The van der Waals surface area contributed by atoms with Crippen LogP contribution in [-0.2, 0) is 4.79 Å². The Morgan fingerprint density at radius 1 is 1.44 bits per heavy atom. The molecule has 0 aliphatic heterocycles. The van der Waals surface area contributed by atoms with Crippen LogP contribution in [0.25, 0.3) is 0 Å². The van der Waals surface area contributed by atoms with Crippen LogP contribution in [0.4, 0.5) is 0 Å². The molecular weight excluding hydrogens is 160 g/mol. The van der Waals surface area contributed by atoms with E-state index in [0.29, 0.717) is 0 Å². The highest BCUT2D eigenvalue weighted by molar-refractivity contribution is 7.80. The van der Waals surface area contributed by atoms with Gasteiger partial charge in [-0.1, -0.05) is 0 Å². The van der Waals surface area contributed by atoms with Crippen LogP contribution in [0, 0.1) is 0 Å². The molecule has 0 spiro atoms. The van der Waals surface area contributed by atoms with E-state index in [1.807, 2.05) is 0 Å². The molecule has 0 atom stereocenters. The van der Waals surface area contributed by atoms with Crippen molar-refractivity contribution in [2.24, 2.45) is 0 Å². The first-order valence-electron chi connectivity index (χ1n) is 2.60. The minimum atomic E-state index is -0.716. The van der Waals surface area contributed by atoms with Crippen molar-refractivity contribution in [2.75, 3.05) is 5.75 Å². The summed E-state index contributed by atoms with van der Waals surface area (Å²) in [4.78, 5) is 9.85. The average Bonchev–Trinajstić information content (AvgIpc) is 1.66. The molecule has 0 radical (unpaired) electrons. The lowest BCUT2D eigenvalue weighted by Crippen LogP contribution is -1.93. The van der Waals surface area contributed by atoms with E-state index in [9.17, 15) is 4.79 Å². The summed E-state index contributed by atoms with van der Waals surface area (Å²) in [5.74, 6) is 0.0691. The Morgan fingerprint density at radius 2 is 2.00 bits per heavy atom. The second kappa shape index (κ2) is 8.11. The third-order valence-corrected chi connectivity index (χ3v) is 1.11. The quantitative estimate of drug-likeness (QED) is 0.497. The molecule has 0 heterocycles. The van der Waals surface area contributed by atoms with Gasteiger partial charge in [-0.2, -0.15) is 12.6 Å². The maximum absolute atomic E-state index is 9.85. The van der Waals surface area contributed by atoms with Gasteiger partial charge in [0.1, 0.15) is 0 Å². The van der Waals surface area contributed by atoms with Crippen molar-refractivity contribution in [3.63, 3.8) is 0 Å². The van der Waals surface area contributed by atoms with E-state index in [-0.39, 0.29) is 18.8 Å². The summed E-state index contributed by atoms with van der Waals surface area (Å²) < 4.78 is 0. The van der Waals surface area contributed by atoms with Crippen LogP contribution >= 0.6 is 25.0 Å². The predicted molar refractivity (Wildman–Crippen MR) is 42.6 cm³/mol. The molecule has 0 bridgehead atoms. The average molecular weight is 171 g/mol. The van der Waals surface area contributed by atoms with E-state index < -0.39 is 5.97 Å². The van der Waals surface area contributed by atoms with Crippen molar-refractivity contribution in [1.82, 2.24) is 0 Å². The Morgan fingerprint density at radius 3 is 2.33 bits per heavy atom. The van der Waals surface area contributed by atoms with Gasteiger partial charge >= 0.3 is 5.97 Å². The summed E-state index contributed by atoms with van der Waals surface area (Å²) in [5.41, 5.74) is 0. The zero-order valence-electron chi connectivity index (χ0n) is 5.04. The van der Waals surface area contributed by atoms with Crippen molar-refractivity contribution in [3.05, 3.63) is 0 Å². The lowest BCUT2D eigenvalue weighted by atomic mass is 10.3. The third kappa shape index (κ3) is 11.6.